The highest BCUT2D eigenvalue weighted by Crippen LogP contribution is 2.25. The molecule has 1 saturated heterocycles. The lowest BCUT2D eigenvalue weighted by molar-refractivity contribution is 0.0702. The minimum Gasteiger partial charge on any atom is -0.340 e. The number of rotatable bonds is 8. The molecule has 3 N–H and O–H groups in total. The quantitative estimate of drug-likeness (QED) is 0.185. The van der Waals surface area contributed by atoms with Crippen LogP contribution in [0.2, 0.25) is 0 Å². The number of piperidine rings is 1. The predicted octanol–water partition coefficient (Wildman–Crippen LogP) is 6.91. The maximum atomic E-state index is 13.6. The second-order valence-electron chi connectivity index (χ2n) is 10.9. The van der Waals surface area contributed by atoms with Gasteiger partial charge in [-0.15, -0.1) is 0 Å². The minimum absolute atomic E-state index is 0.0372. The van der Waals surface area contributed by atoms with Crippen molar-refractivity contribution in [2.75, 3.05) is 23.7 Å². The predicted molar refractivity (Wildman–Crippen MR) is 168 cm³/mol. The molecule has 218 valence electrons. The average Bonchev–Trinajstić information content (AvgIpc) is 3.03. The first-order chi connectivity index (χ1) is 20.9. The summed E-state index contributed by atoms with van der Waals surface area (Å²) in [6.45, 7) is 5.33. The molecule has 1 atom stereocenters. The van der Waals surface area contributed by atoms with Crippen LogP contribution in [0.3, 0.4) is 0 Å². The maximum Gasteiger partial charge on any atom is 0.253 e. The Bertz CT molecular complexity index is 1730. The van der Waals surface area contributed by atoms with Crippen LogP contribution in [0.15, 0.2) is 91.3 Å². The number of pyridine rings is 1. The van der Waals surface area contributed by atoms with Gasteiger partial charge in [0, 0.05) is 59.9 Å². The van der Waals surface area contributed by atoms with E-state index < -0.39 is 0 Å². The van der Waals surface area contributed by atoms with Crippen molar-refractivity contribution in [2.24, 2.45) is 0 Å². The van der Waals surface area contributed by atoms with Gasteiger partial charge in [0.1, 0.15) is 11.6 Å². The van der Waals surface area contributed by atoms with E-state index in [-0.39, 0.29) is 17.8 Å². The smallest absolute Gasteiger partial charge is 0.253 e. The Morgan fingerprint density at radius 1 is 0.907 bits per heavy atom. The van der Waals surface area contributed by atoms with Crippen LogP contribution in [0.25, 0.3) is 10.9 Å². The Hall–Kier alpha value is -4.89. The maximum absolute atomic E-state index is 13.6. The molecule has 0 spiro atoms. The first kappa shape index (κ1) is 28.2. The summed E-state index contributed by atoms with van der Waals surface area (Å²) in [5, 5.41) is 11.3. The van der Waals surface area contributed by atoms with E-state index in [0.717, 1.165) is 29.7 Å². The van der Waals surface area contributed by atoms with E-state index in [2.05, 4.69) is 56.0 Å². The van der Waals surface area contributed by atoms with Gasteiger partial charge >= 0.3 is 0 Å². The molecule has 1 amide bonds. The lowest BCUT2D eigenvalue weighted by atomic mass is 9.98. The highest BCUT2D eigenvalue weighted by Gasteiger charge is 2.25. The highest BCUT2D eigenvalue weighted by molar-refractivity contribution is 5.94. The number of halogens is 1. The number of hydrogen-bond donors (Lipinski definition) is 3. The van der Waals surface area contributed by atoms with Crippen molar-refractivity contribution in [1.82, 2.24) is 25.2 Å². The minimum atomic E-state index is -0.250. The molecule has 2 aromatic heterocycles. The number of nitrogens with zero attached hydrogens (tertiary/aromatic N) is 4. The lowest BCUT2D eigenvalue weighted by Gasteiger charge is -2.34. The number of amides is 1. The Morgan fingerprint density at radius 2 is 1.70 bits per heavy atom. The fourth-order valence-corrected chi connectivity index (χ4v) is 5.56. The zero-order chi connectivity index (χ0) is 29.8. The third-order valence-corrected chi connectivity index (χ3v) is 7.89. The Morgan fingerprint density at radius 3 is 2.49 bits per heavy atom. The van der Waals surface area contributed by atoms with Crippen LogP contribution < -0.4 is 16.0 Å². The van der Waals surface area contributed by atoms with Crippen molar-refractivity contribution in [3.8, 4) is 0 Å². The van der Waals surface area contributed by atoms with Gasteiger partial charge in [0.25, 0.3) is 5.91 Å². The summed E-state index contributed by atoms with van der Waals surface area (Å²) in [7, 11) is 0. The van der Waals surface area contributed by atoms with Gasteiger partial charge in [-0.05, 0) is 98.5 Å². The van der Waals surface area contributed by atoms with E-state index in [1.54, 1.807) is 31.3 Å². The van der Waals surface area contributed by atoms with Crippen LogP contribution in [0, 0.1) is 12.7 Å². The summed E-state index contributed by atoms with van der Waals surface area (Å²) in [5.74, 6) is 0.776. The molecule has 3 heterocycles. The fraction of sp³-hybridized carbons (Fsp3) is 0.235. The van der Waals surface area contributed by atoms with Gasteiger partial charge in [-0.3, -0.25) is 9.78 Å². The zero-order valence-electron chi connectivity index (χ0n) is 24.2. The molecule has 3 aromatic carbocycles. The molecule has 0 radical (unpaired) electrons. The second-order valence-corrected chi connectivity index (χ2v) is 10.9. The van der Waals surface area contributed by atoms with E-state index in [9.17, 15) is 9.18 Å². The molecule has 43 heavy (non-hydrogen) atoms. The van der Waals surface area contributed by atoms with Crippen molar-refractivity contribution in [2.45, 2.75) is 38.8 Å². The average molecular weight is 576 g/mol. The van der Waals surface area contributed by atoms with Gasteiger partial charge in [0.15, 0.2) is 0 Å². The summed E-state index contributed by atoms with van der Waals surface area (Å²) < 4.78 is 13.6. The first-order valence-corrected chi connectivity index (χ1v) is 14.6. The standard InChI is InChI=1S/C34H34FN7O/c1-22-21-27(12-13-30(22)35)39-32-14-18-37-34(41-32)40-25-10-8-24(9-11-25)33(43)42-19-15-26(16-20-42)38-23(2)28-5-3-7-31-29(28)6-4-17-36-31/h3-14,17-18,21,23,26,38H,15-16,19-20H2,1-2H3,(H2,37,39,40,41). The molecule has 1 aliphatic heterocycles. The Balaban J connectivity index is 1.02. The normalized spacial score (nSPS) is 14.4. The van der Waals surface area contributed by atoms with Gasteiger partial charge in [-0.25, -0.2) is 9.37 Å². The van der Waals surface area contributed by atoms with Crippen LogP contribution in [0.5, 0.6) is 0 Å². The number of anilines is 4. The Labute approximate surface area is 250 Å². The van der Waals surface area contributed by atoms with E-state index >= 15 is 0 Å². The fourth-order valence-electron chi connectivity index (χ4n) is 5.56. The number of hydrogen-bond acceptors (Lipinski definition) is 7. The number of aromatic nitrogens is 3. The molecular formula is C34H34FN7O. The van der Waals surface area contributed by atoms with Crippen LogP contribution in [0.4, 0.5) is 27.5 Å². The molecule has 0 saturated carbocycles. The molecule has 0 aliphatic carbocycles. The highest BCUT2D eigenvalue weighted by atomic mass is 19.1. The van der Waals surface area contributed by atoms with Crippen molar-refractivity contribution >= 4 is 40.0 Å². The van der Waals surface area contributed by atoms with Crippen molar-refractivity contribution in [3.05, 3.63) is 114 Å². The van der Waals surface area contributed by atoms with E-state index in [1.165, 1.54) is 17.0 Å². The molecule has 0 bridgehead atoms. The number of carbonyl (C=O) groups is 1. The number of likely N-dealkylation sites (tertiary alicyclic amines) is 1. The number of carbonyl (C=O) groups excluding carboxylic acids is 1. The summed E-state index contributed by atoms with van der Waals surface area (Å²) in [5.41, 5.74) is 4.96. The summed E-state index contributed by atoms with van der Waals surface area (Å²) >= 11 is 0. The molecule has 8 nitrogen and oxygen atoms in total. The number of fused-ring (bicyclic) bond motifs is 1. The van der Waals surface area contributed by atoms with Crippen LogP contribution in [-0.2, 0) is 0 Å². The van der Waals surface area contributed by atoms with E-state index in [0.29, 0.717) is 42.0 Å². The third kappa shape index (κ3) is 6.62. The van der Waals surface area contributed by atoms with Crippen LogP contribution in [0.1, 0.15) is 47.3 Å². The summed E-state index contributed by atoms with van der Waals surface area (Å²) in [4.78, 5) is 28.5. The monoisotopic (exact) mass is 575 g/mol. The van der Waals surface area contributed by atoms with Gasteiger partial charge < -0.3 is 20.9 Å². The van der Waals surface area contributed by atoms with Crippen LogP contribution in [-0.4, -0.2) is 44.9 Å². The molecule has 1 aliphatic rings. The van der Waals surface area contributed by atoms with E-state index in [4.69, 9.17) is 0 Å². The number of benzene rings is 3. The van der Waals surface area contributed by atoms with Crippen molar-refractivity contribution in [3.63, 3.8) is 0 Å². The van der Waals surface area contributed by atoms with Gasteiger partial charge in [0.2, 0.25) is 5.95 Å². The molecule has 1 fully saturated rings. The van der Waals surface area contributed by atoms with Gasteiger partial charge in [0.05, 0.1) is 5.52 Å². The lowest BCUT2D eigenvalue weighted by Crippen LogP contribution is -2.45. The molecule has 5 aromatic rings. The largest absolute Gasteiger partial charge is 0.340 e. The van der Waals surface area contributed by atoms with Crippen LogP contribution >= 0.6 is 0 Å². The van der Waals surface area contributed by atoms with Crippen molar-refractivity contribution < 1.29 is 9.18 Å². The zero-order valence-corrected chi connectivity index (χ0v) is 24.2. The second kappa shape index (κ2) is 12.5. The third-order valence-electron chi connectivity index (χ3n) is 7.89. The van der Waals surface area contributed by atoms with Gasteiger partial charge in [-0.1, -0.05) is 18.2 Å². The molecule has 6 rings (SSSR count). The van der Waals surface area contributed by atoms with Crippen molar-refractivity contribution in [1.29, 1.82) is 0 Å². The Kier molecular flexibility index (Phi) is 8.24. The summed E-state index contributed by atoms with van der Waals surface area (Å²) in [6.07, 6.45) is 5.27. The SMILES string of the molecule is Cc1cc(Nc2ccnc(Nc3ccc(C(=O)N4CCC(NC(C)c5cccc6ncccc56)CC4)cc3)n2)ccc1F. The van der Waals surface area contributed by atoms with Gasteiger partial charge in [-0.2, -0.15) is 4.98 Å². The number of nitrogens with one attached hydrogen (secondary N) is 3. The first-order valence-electron chi connectivity index (χ1n) is 14.6. The molecule has 9 heteroatoms. The molecular weight excluding hydrogens is 541 g/mol. The van der Waals surface area contributed by atoms with E-state index in [1.807, 2.05) is 47.5 Å². The number of aryl methyl sites for hydroxylation is 1. The summed E-state index contributed by atoms with van der Waals surface area (Å²) in [6, 6.07) is 24.8. The topological polar surface area (TPSA) is 95.1 Å². The molecule has 1 unspecified atom stereocenters.